The lowest BCUT2D eigenvalue weighted by atomic mass is 10.1. The van der Waals surface area contributed by atoms with Gasteiger partial charge in [-0.3, -0.25) is 0 Å². The van der Waals surface area contributed by atoms with Crippen molar-refractivity contribution in [1.82, 2.24) is 0 Å². The van der Waals surface area contributed by atoms with Gasteiger partial charge in [0.05, 0.1) is 18.7 Å². The molecular formula is C20H20ClNO2. The van der Waals surface area contributed by atoms with Crippen LogP contribution in [0.4, 0.5) is 5.69 Å². The number of anilines is 1. The summed E-state index contributed by atoms with van der Waals surface area (Å²) in [6.45, 7) is 3.15. The standard InChI is InChI=1S/C20H20ClNO2/c1-3-24-19-12-14(11-17(21)20(19)23-2)13-22-18-10-6-8-15-7-4-5-9-16(15)18/h4-12,22H,3,13H2,1-2H3. The maximum absolute atomic E-state index is 6.31. The Morgan fingerprint density at radius 2 is 1.83 bits per heavy atom. The fourth-order valence-corrected chi connectivity index (χ4v) is 3.07. The van der Waals surface area contributed by atoms with Gasteiger partial charge in [-0.05, 0) is 36.1 Å². The molecule has 0 atom stereocenters. The quantitative estimate of drug-likeness (QED) is 0.641. The molecule has 124 valence electrons. The molecule has 0 radical (unpaired) electrons. The molecule has 3 aromatic carbocycles. The van der Waals surface area contributed by atoms with Crippen LogP contribution in [0, 0.1) is 0 Å². The summed E-state index contributed by atoms with van der Waals surface area (Å²) in [5.74, 6) is 1.25. The van der Waals surface area contributed by atoms with Crippen LogP contribution in [0.5, 0.6) is 11.5 Å². The molecular weight excluding hydrogens is 322 g/mol. The molecule has 0 saturated heterocycles. The molecule has 0 amide bonds. The number of hydrogen-bond acceptors (Lipinski definition) is 3. The van der Waals surface area contributed by atoms with Crippen molar-refractivity contribution >= 4 is 28.1 Å². The molecule has 3 aromatic rings. The van der Waals surface area contributed by atoms with E-state index in [1.54, 1.807) is 7.11 Å². The van der Waals surface area contributed by atoms with Crippen LogP contribution in [0.15, 0.2) is 54.6 Å². The predicted octanol–water partition coefficient (Wildman–Crippen LogP) is 5.51. The summed E-state index contributed by atoms with van der Waals surface area (Å²) >= 11 is 6.31. The fourth-order valence-electron chi connectivity index (χ4n) is 2.76. The van der Waals surface area contributed by atoms with E-state index in [0.29, 0.717) is 29.7 Å². The van der Waals surface area contributed by atoms with E-state index in [-0.39, 0.29) is 0 Å². The van der Waals surface area contributed by atoms with E-state index in [1.165, 1.54) is 10.8 Å². The van der Waals surface area contributed by atoms with E-state index in [9.17, 15) is 0 Å². The van der Waals surface area contributed by atoms with Crippen molar-refractivity contribution in [3.8, 4) is 11.5 Å². The van der Waals surface area contributed by atoms with Crippen molar-refractivity contribution in [2.75, 3.05) is 19.0 Å². The number of hydrogen-bond donors (Lipinski definition) is 1. The number of benzene rings is 3. The van der Waals surface area contributed by atoms with E-state index in [1.807, 2.05) is 31.2 Å². The Hall–Kier alpha value is -2.39. The normalized spacial score (nSPS) is 10.6. The molecule has 0 aliphatic heterocycles. The van der Waals surface area contributed by atoms with Crippen LogP contribution in [-0.4, -0.2) is 13.7 Å². The van der Waals surface area contributed by atoms with E-state index in [0.717, 1.165) is 11.3 Å². The average molecular weight is 342 g/mol. The Morgan fingerprint density at radius 1 is 1.04 bits per heavy atom. The maximum Gasteiger partial charge on any atom is 0.179 e. The first kappa shape index (κ1) is 16.5. The van der Waals surface area contributed by atoms with E-state index in [2.05, 4.69) is 35.6 Å². The second kappa shape index (κ2) is 7.45. The molecule has 0 unspecified atom stereocenters. The number of fused-ring (bicyclic) bond motifs is 1. The summed E-state index contributed by atoms with van der Waals surface area (Å²) in [5.41, 5.74) is 2.13. The molecule has 0 aliphatic rings. The van der Waals surface area contributed by atoms with E-state index in [4.69, 9.17) is 21.1 Å². The van der Waals surface area contributed by atoms with E-state index >= 15 is 0 Å². The minimum atomic E-state index is 0.554. The zero-order chi connectivity index (χ0) is 16.9. The second-order valence-corrected chi connectivity index (χ2v) is 5.83. The van der Waals surface area contributed by atoms with Crippen LogP contribution in [0.2, 0.25) is 5.02 Å². The summed E-state index contributed by atoms with van der Waals surface area (Å²) < 4.78 is 11.0. The highest BCUT2D eigenvalue weighted by Crippen LogP contribution is 2.36. The molecule has 0 aromatic heterocycles. The van der Waals surface area contributed by atoms with Crippen LogP contribution < -0.4 is 14.8 Å². The number of ether oxygens (including phenoxy) is 2. The number of halogens is 1. The third-order valence-electron chi connectivity index (χ3n) is 3.85. The topological polar surface area (TPSA) is 30.5 Å². The number of methoxy groups -OCH3 is 1. The Balaban J connectivity index is 1.86. The summed E-state index contributed by atoms with van der Waals surface area (Å²) in [6, 6.07) is 18.4. The van der Waals surface area contributed by atoms with Gasteiger partial charge in [-0.25, -0.2) is 0 Å². The Labute approximate surface area is 147 Å². The van der Waals surface area contributed by atoms with Gasteiger partial charge in [0.2, 0.25) is 0 Å². The van der Waals surface area contributed by atoms with Crippen LogP contribution in [-0.2, 0) is 6.54 Å². The van der Waals surface area contributed by atoms with Crippen LogP contribution in [0.25, 0.3) is 10.8 Å². The molecule has 3 rings (SSSR count). The highest BCUT2D eigenvalue weighted by Gasteiger charge is 2.11. The van der Waals surface area contributed by atoms with Crippen LogP contribution in [0.3, 0.4) is 0 Å². The Morgan fingerprint density at radius 3 is 2.62 bits per heavy atom. The minimum Gasteiger partial charge on any atom is -0.491 e. The summed E-state index contributed by atoms with van der Waals surface area (Å²) in [4.78, 5) is 0. The summed E-state index contributed by atoms with van der Waals surface area (Å²) in [5, 5.41) is 6.45. The van der Waals surface area contributed by atoms with Gasteiger partial charge in [0.25, 0.3) is 0 Å². The molecule has 0 saturated carbocycles. The first-order chi connectivity index (χ1) is 11.7. The highest BCUT2D eigenvalue weighted by molar-refractivity contribution is 6.32. The summed E-state index contributed by atoms with van der Waals surface area (Å²) in [6.07, 6.45) is 0. The maximum atomic E-state index is 6.31. The van der Waals surface area contributed by atoms with Crippen LogP contribution >= 0.6 is 11.6 Å². The Bertz CT molecular complexity index is 843. The highest BCUT2D eigenvalue weighted by atomic mass is 35.5. The predicted molar refractivity (Wildman–Crippen MR) is 100 cm³/mol. The monoisotopic (exact) mass is 341 g/mol. The smallest absolute Gasteiger partial charge is 0.179 e. The van der Waals surface area contributed by atoms with Crippen molar-refractivity contribution in [2.24, 2.45) is 0 Å². The van der Waals surface area contributed by atoms with Gasteiger partial charge in [-0.1, -0.05) is 48.0 Å². The van der Waals surface area contributed by atoms with Gasteiger partial charge in [-0.15, -0.1) is 0 Å². The van der Waals surface area contributed by atoms with Gasteiger partial charge in [0, 0.05) is 17.6 Å². The molecule has 0 bridgehead atoms. The lowest BCUT2D eigenvalue weighted by Gasteiger charge is -2.14. The van der Waals surface area contributed by atoms with Crippen molar-refractivity contribution in [2.45, 2.75) is 13.5 Å². The lowest BCUT2D eigenvalue weighted by molar-refractivity contribution is 0.310. The third kappa shape index (κ3) is 3.41. The largest absolute Gasteiger partial charge is 0.491 e. The third-order valence-corrected chi connectivity index (χ3v) is 4.13. The summed E-state index contributed by atoms with van der Waals surface area (Å²) in [7, 11) is 1.60. The molecule has 0 fully saturated rings. The first-order valence-electron chi connectivity index (χ1n) is 7.93. The molecule has 3 nitrogen and oxygen atoms in total. The molecule has 0 spiro atoms. The van der Waals surface area contributed by atoms with Crippen molar-refractivity contribution in [3.05, 3.63) is 65.2 Å². The van der Waals surface area contributed by atoms with Gasteiger partial charge in [0.1, 0.15) is 0 Å². The zero-order valence-corrected chi connectivity index (χ0v) is 14.6. The molecule has 0 heterocycles. The van der Waals surface area contributed by atoms with Crippen LogP contribution in [0.1, 0.15) is 12.5 Å². The van der Waals surface area contributed by atoms with Gasteiger partial charge >= 0.3 is 0 Å². The molecule has 0 aliphatic carbocycles. The Kier molecular flexibility index (Phi) is 5.11. The number of nitrogens with one attached hydrogen (secondary N) is 1. The first-order valence-corrected chi connectivity index (χ1v) is 8.31. The fraction of sp³-hybridized carbons (Fsp3) is 0.200. The van der Waals surface area contributed by atoms with Crippen molar-refractivity contribution < 1.29 is 9.47 Å². The van der Waals surface area contributed by atoms with Crippen molar-refractivity contribution in [1.29, 1.82) is 0 Å². The molecule has 24 heavy (non-hydrogen) atoms. The van der Waals surface area contributed by atoms with E-state index < -0.39 is 0 Å². The molecule has 1 N–H and O–H groups in total. The minimum absolute atomic E-state index is 0.554. The SMILES string of the molecule is CCOc1cc(CNc2cccc3ccccc23)cc(Cl)c1OC. The van der Waals surface area contributed by atoms with Gasteiger partial charge in [0.15, 0.2) is 11.5 Å². The lowest BCUT2D eigenvalue weighted by Crippen LogP contribution is -2.02. The van der Waals surface area contributed by atoms with Gasteiger partial charge in [-0.2, -0.15) is 0 Å². The van der Waals surface area contributed by atoms with Crippen molar-refractivity contribution in [3.63, 3.8) is 0 Å². The number of rotatable bonds is 6. The molecule has 4 heteroatoms. The average Bonchev–Trinajstić information content (AvgIpc) is 2.60. The van der Waals surface area contributed by atoms with Gasteiger partial charge < -0.3 is 14.8 Å². The zero-order valence-electron chi connectivity index (χ0n) is 13.8. The second-order valence-electron chi connectivity index (χ2n) is 5.42.